The molecule has 0 fully saturated rings. The molecule has 0 saturated carbocycles. The Morgan fingerprint density at radius 2 is 1.81 bits per heavy atom. The lowest BCUT2D eigenvalue weighted by atomic mass is 9.97. The van der Waals surface area contributed by atoms with E-state index >= 15 is 0 Å². The van der Waals surface area contributed by atoms with Gasteiger partial charge in [0.2, 0.25) is 0 Å². The van der Waals surface area contributed by atoms with Gasteiger partial charge < -0.3 is 10.1 Å². The molecule has 0 radical (unpaired) electrons. The van der Waals surface area contributed by atoms with Crippen LogP contribution in [0.2, 0.25) is 0 Å². The zero-order chi connectivity index (χ0) is 18.4. The molecule has 0 amide bonds. The highest BCUT2D eigenvalue weighted by molar-refractivity contribution is 5.37. The van der Waals surface area contributed by atoms with Gasteiger partial charge in [-0.15, -0.1) is 5.10 Å². The molecule has 136 valence electrons. The lowest BCUT2D eigenvalue weighted by molar-refractivity contribution is 0.329. The van der Waals surface area contributed by atoms with Crippen molar-refractivity contribution in [1.82, 2.24) is 25.5 Å². The highest BCUT2D eigenvalue weighted by atomic mass is 16.5. The van der Waals surface area contributed by atoms with Crippen molar-refractivity contribution in [3.63, 3.8) is 0 Å². The predicted octanol–water partition coefficient (Wildman–Crippen LogP) is 3.13. The van der Waals surface area contributed by atoms with E-state index in [4.69, 9.17) is 4.74 Å². The van der Waals surface area contributed by atoms with E-state index in [1.54, 1.807) is 11.8 Å². The highest BCUT2D eigenvalue weighted by Gasteiger charge is 2.30. The number of methoxy groups -OCH3 is 1. The first-order valence-electron chi connectivity index (χ1n) is 8.88. The molecule has 2 aromatic carbocycles. The molecule has 1 N–H and O–H groups in total. The van der Waals surface area contributed by atoms with Crippen LogP contribution in [0.4, 0.5) is 0 Å². The fourth-order valence-corrected chi connectivity index (χ4v) is 2.92. The third-order valence-corrected chi connectivity index (χ3v) is 4.76. The lowest BCUT2D eigenvalue weighted by Crippen LogP contribution is -2.42. The first-order valence-corrected chi connectivity index (χ1v) is 8.88. The van der Waals surface area contributed by atoms with Crippen LogP contribution in [0.1, 0.15) is 31.7 Å². The zero-order valence-electron chi connectivity index (χ0n) is 15.5. The second-order valence-corrected chi connectivity index (χ2v) is 6.46. The maximum atomic E-state index is 5.23. The molecule has 1 atom stereocenters. The van der Waals surface area contributed by atoms with Gasteiger partial charge in [-0.05, 0) is 60.0 Å². The Balaban J connectivity index is 1.77. The summed E-state index contributed by atoms with van der Waals surface area (Å²) in [4.78, 5) is 0. The summed E-state index contributed by atoms with van der Waals surface area (Å²) in [6.07, 6.45) is 1.83. The second-order valence-electron chi connectivity index (χ2n) is 6.46. The Bertz CT molecular complexity index is 816. The van der Waals surface area contributed by atoms with Gasteiger partial charge in [0.15, 0.2) is 5.82 Å². The molecular formula is C20H25N5O. The molecule has 0 saturated heterocycles. The van der Waals surface area contributed by atoms with E-state index in [-0.39, 0.29) is 5.54 Å². The number of nitrogens with one attached hydrogen (secondary N) is 1. The van der Waals surface area contributed by atoms with Crippen LogP contribution < -0.4 is 10.1 Å². The van der Waals surface area contributed by atoms with Crippen molar-refractivity contribution in [2.24, 2.45) is 0 Å². The fraction of sp³-hybridized carbons (Fsp3) is 0.350. The molecule has 0 aliphatic heterocycles. The summed E-state index contributed by atoms with van der Waals surface area (Å²) in [5.41, 5.74) is 1.90. The SMILES string of the molecule is CC[C@@](C)(NCCc1ccccc1)c1nnnn1-c1ccc(OC)cc1. The summed E-state index contributed by atoms with van der Waals surface area (Å²) in [5.74, 6) is 1.61. The van der Waals surface area contributed by atoms with Crippen molar-refractivity contribution >= 4 is 0 Å². The van der Waals surface area contributed by atoms with Gasteiger partial charge in [-0.1, -0.05) is 37.3 Å². The molecule has 3 rings (SSSR count). The normalized spacial score (nSPS) is 13.3. The molecule has 0 bridgehead atoms. The van der Waals surface area contributed by atoms with E-state index in [1.165, 1.54) is 5.56 Å². The van der Waals surface area contributed by atoms with Gasteiger partial charge in [-0.3, -0.25) is 0 Å². The minimum atomic E-state index is -0.321. The van der Waals surface area contributed by atoms with Crippen LogP contribution in [0.25, 0.3) is 5.69 Å². The van der Waals surface area contributed by atoms with Crippen LogP contribution in [0.3, 0.4) is 0 Å². The van der Waals surface area contributed by atoms with Crippen LogP contribution in [0.15, 0.2) is 54.6 Å². The third kappa shape index (κ3) is 3.91. The molecule has 0 aliphatic carbocycles. The van der Waals surface area contributed by atoms with Gasteiger partial charge in [0.1, 0.15) is 5.75 Å². The van der Waals surface area contributed by atoms with Crippen molar-refractivity contribution in [2.45, 2.75) is 32.2 Å². The van der Waals surface area contributed by atoms with Gasteiger partial charge in [0.05, 0.1) is 18.3 Å². The molecule has 3 aromatic rings. The van der Waals surface area contributed by atoms with E-state index in [1.807, 2.05) is 30.3 Å². The molecule has 26 heavy (non-hydrogen) atoms. The van der Waals surface area contributed by atoms with E-state index in [0.717, 1.165) is 36.6 Å². The Morgan fingerprint density at radius 1 is 1.08 bits per heavy atom. The summed E-state index contributed by atoms with van der Waals surface area (Å²) in [7, 11) is 1.66. The lowest BCUT2D eigenvalue weighted by Gasteiger charge is -2.28. The number of tetrazole rings is 1. The van der Waals surface area contributed by atoms with E-state index in [9.17, 15) is 0 Å². The molecule has 0 aliphatic rings. The van der Waals surface area contributed by atoms with Gasteiger partial charge in [0, 0.05) is 6.54 Å². The van der Waals surface area contributed by atoms with Crippen LogP contribution in [-0.2, 0) is 12.0 Å². The monoisotopic (exact) mass is 351 g/mol. The van der Waals surface area contributed by atoms with Crippen LogP contribution in [0, 0.1) is 0 Å². The number of hydrogen-bond donors (Lipinski definition) is 1. The fourth-order valence-electron chi connectivity index (χ4n) is 2.92. The summed E-state index contributed by atoms with van der Waals surface area (Å²) in [6, 6.07) is 18.2. The maximum Gasteiger partial charge on any atom is 0.176 e. The number of hydrogen-bond acceptors (Lipinski definition) is 5. The number of ether oxygens (including phenoxy) is 1. The van der Waals surface area contributed by atoms with E-state index < -0.39 is 0 Å². The summed E-state index contributed by atoms with van der Waals surface area (Å²) < 4.78 is 7.02. The molecule has 6 heteroatoms. The molecule has 0 unspecified atom stereocenters. The van der Waals surface area contributed by atoms with E-state index in [2.05, 4.69) is 59.0 Å². The average molecular weight is 351 g/mol. The van der Waals surface area contributed by atoms with Crippen LogP contribution >= 0.6 is 0 Å². The third-order valence-electron chi connectivity index (χ3n) is 4.76. The Labute approximate surface area is 154 Å². The van der Waals surface area contributed by atoms with Crippen LogP contribution in [-0.4, -0.2) is 33.9 Å². The van der Waals surface area contributed by atoms with Gasteiger partial charge in [-0.2, -0.15) is 4.68 Å². The summed E-state index contributed by atoms with van der Waals surface area (Å²) >= 11 is 0. The van der Waals surface area contributed by atoms with Crippen molar-refractivity contribution in [3.05, 3.63) is 66.0 Å². The first-order chi connectivity index (χ1) is 12.7. The Hall–Kier alpha value is -2.73. The summed E-state index contributed by atoms with van der Waals surface area (Å²) in [5, 5.41) is 16.1. The van der Waals surface area contributed by atoms with E-state index in [0.29, 0.717) is 0 Å². The smallest absolute Gasteiger partial charge is 0.176 e. The van der Waals surface area contributed by atoms with Gasteiger partial charge in [0.25, 0.3) is 0 Å². The van der Waals surface area contributed by atoms with Gasteiger partial charge >= 0.3 is 0 Å². The number of benzene rings is 2. The highest BCUT2D eigenvalue weighted by Crippen LogP contribution is 2.25. The number of nitrogens with zero attached hydrogens (tertiary/aromatic N) is 4. The molecule has 0 spiro atoms. The number of rotatable bonds is 8. The predicted molar refractivity (Wildman–Crippen MR) is 101 cm³/mol. The largest absolute Gasteiger partial charge is 0.497 e. The molecule has 1 aromatic heterocycles. The Morgan fingerprint density at radius 3 is 2.46 bits per heavy atom. The summed E-state index contributed by atoms with van der Waals surface area (Å²) in [6.45, 7) is 5.14. The second kappa shape index (κ2) is 8.10. The minimum Gasteiger partial charge on any atom is -0.497 e. The van der Waals surface area contributed by atoms with Crippen LogP contribution in [0.5, 0.6) is 5.75 Å². The quantitative estimate of drug-likeness (QED) is 0.675. The first kappa shape index (κ1) is 18.1. The van der Waals surface area contributed by atoms with Crippen molar-refractivity contribution in [2.75, 3.05) is 13.7 Å². The topological polar surface area (TPSA) is 64.9 Å². The minimum absolute atomic E-state index is 0.321. The number of aromatic nitrogens is 4. The Kier molecular flexibility index (Phi) is 5.63. The van der Waals surface area contributed by atoms with Crippen molar-refractivity contribution < 1.29 is 4.74 Å². The maximum absolute atomic E-state index is 5.23. The van der Waals surface area contributed by atoms with Crippen molar-refractivity contribution in [1.29, 1.82) is 0 Å². The van der Waals surface area contributed by atoms with Gasteiger partial charge in [-0.25, -0.2) is 0 Å². The average Bonchev–Trinajstić information content (AvgIpc) is 3.19. The standard InChI is InChI=1S/C20H25N5O/c1-4-20(2,21-15-14-16-8-6-5-7-9-16)19-22-23-24-25(19)17-10-12-18(26-3)13-11-17/h5-13,21H,4,14-15H2,1-3H3/t20-/m1/s1. The molecule has 6 nitrogen and oxygen atoms in total. The molecule has 1 heterocycles. The molecular weight excluding hydrogens is 326 g/mol. The zero-order valence-corrected chi connectivity index (χ0v) is 15.5. The van der Waals surface area contributed by atoms with Crippen molar-refractivity contribution in [3.8, 4) is 11.4 Å².